The van der Waals surface area contributed by atoms with E-state index in [-0.39, 0.29) is 16.9 Å². The Hall–Kier alpha value is -0.120. The lowest BCUT2D eigenvalue weighted by atomic mass is 10.3. The number of halogens is 3. The highest BCUT2D eigenvalue weighted by atomic mass is 79.9. The van der Waals surface area contributed by atoms with E-state index in [0.29, 0.717) is 15.2 Å². The fraction of sp³-hybridized carbons (Fsp3) is 0.333. The van der Waals surface area contributed by atoms with Crippen LogP contribution in [0, 0.1) is 0 Å². The van der Waals surface area contributed by atoms with E-state index in [1.165, 1.54) is 6.07 Å². The quantitative estimate of drug-likeness (QED) is 0.827. The molecule has 14 heavy (non-hydrogen) atoms. The van der Waals surface area contributed by atoms with Gasteiger partial charge in [0.05, 0.1) is 11.1 Å². The molecule has 1 aromatic carbocycles. The van der Waals surface area contributed by atoms with Crippen molar-refractivity contribution in [2.75, 3.05) is 0 Å². The number of hydrogen-bond acceptors (Lipinski definition) is 2. The summed E-state index contributed by atoms with van der Waals surface area (Å²) in [5.74, 6) is 0.244. The second-order valence-corrected chi connectivity index (χ2v) is 4.61. The van der Waals surface area contributed by atoms with Gasteiger partial charge in [0.25, 0.3) is 0 Å². The summed E-state index contributed by atoms with van der Waals surface area (Å²) >= 11 is 15.0. The Bertz CT molecular complexity index is 327. The summed E-state index contributed by atoms with van der Waals surface area (Å²) in [5, 5.41) is 9.91. The van der Waals surface area contributed by atoms with Gasteiger partial charge in [-0.25, -0.2) is 0 Å². The molecular formula is C9H9BrCl2O2. The molecule has 0 bridgehead atoms. The molecule has 0 aliphatic carbocycles. The zero-order valence-corrected chi connectivity index (χ0v) is 10.7. The molecule has 0 unspecified atom stereocenters. The Kier molecular flexibility index (Phi) is 3.93. The Morgan fingerprint density at radius 1 is 1.36 bits per heavy atom. The highest BCUT2D eigenvalue weighted by Crippen LogP contribution is 2.44. The van der Waals surface area contributed by atoms with Gasteiger partial charge < -0.3 is 9.84 Å². The van der Waals surface area contributed by atoms with Gasteiger partial charge in [-0.15, -0.1) is 0 Å². The molecular weight excluding hydrogens is 291 g/mol. The zero-order chi connectivity index (χ0) is 10.9. The van der Waals surface area contributed by atoms with Crippen molar-refractivity contribution in [3.8, 4) is 11.5 Å². The molecule has 0 saturated heterocycles. The fourth-order valence-electron chi connectivity index (χ4n) is 0.907. The van der Waals surface area contributed by atoms with E-state index in [1.54, 1.807) is 0 Å². The molecule has 1 rings (SSSR count). The summed E-state index contributed by atoms with van der Waals surface area (Å²) in [6.45, 7) is 3.70. The maximum atomic E-state index is 9.42. The van der Waals surface area contributed by atoms with Crippen LogP contribution in [0.2, 0.25) is 10.0 Å². The molecule has 2 nitrogen and oxygen atoms in total. The van der Waals surface area contributed by atoms with Gasteiger partial charge in [-0.2, -0.15) is 0 Å². The average molecular weight is 300 g/mol. The second kappa shape index (κ2) is 4.60. The lowest BCUT2D eigenvalue weighted by Gasteiger charge is -2.14. The molecule has 5 heteroatoms. The van der Waals surface area contributed by atoms with Crippen molar-refractivity contribution in [3.63, 3.8) is 0 Å². The molecule has 1 N–H and O–H groups in total. The largest absolute Gasteiger partial charge is 0.506 e. The van der Waals surface area contributed by atoms with Crippen LogP contribution in [0.3, 0.4) is 0 Å². The molecule has 0 fully saturated rings. The Morgan fingerprint density at radius 3 is 2.43 bits per heavy atom. The summed E-state index contributed by atoms with van der Waals surface area (Å²) < 4.78 is 5.94. The first kappa shape index (κ1) is 12.0. The van der Waals surface area contributed by atoms with E-state index < -0.39 is 0 Å². The van der Waals surface area contributed by atoms with Gasteiger partial charge in [0.2, 0.25) is 0 Å². The first-order valence-corrected chi connectivity index (χ1v) is 5.51. The minimum Gasteiger partial charge on any atom is -0.506 e. The molecule has 1 aromatic rings. The third-order valence-electron chi connectivity index (χ3n) is 1.45. The van der Waals surface area contributed by atoms with E-state index in [4.69, 9.17) is 27.9 Å². The Labute approximate surface area is 101 Å². The van der Waals surface area contributed by atoms with E-state index >= 15 is 0 Å². The molecule has 0 spiro atoms. The smallest absolute Gasteiger partial charge is 0.161 e. The van der Waals surface area contributed by atoms with Crippen LogP contribution >= 0.6 is 39.1 Å². The standard InChI is InChI=1S/C9H9BrCl2O2/c1-4(2)14-9-7(11)5(10)3-6(13)8(9)12/h3-4,13H,1-2H3. The Morgan fingerprint density at radius 2 is 1.93 bits per heavy atom. The number of phenolic OH excluding ortho intramolecular Hbond substituents is 1. The van der Waals surface area contributed by atoms with Crippen molar-refractivity contribution in [1.29, 1.82) is 0 Å². The molecule has 0 aliphatic heterocycles. The van der Waals surface area contributed by atoms with E-state index in [9.17, 15) is 5.11 Å². The maximum Gasteiger partial charge on any atom is 0.161 e. The summed E-state index contributed by atoms with van der Waals surface area (Å²) in [6.07, 6.45) is -0.0568. The van der Waals surface area contributed by atoms with Crippen LogP contribution in [-0.2, 0) is 0 Å². The van der Waals surface area contributed by atoms with Crippen LogP contribution in [0.4, 0.5) is 0 Å². The third-order valence-corrected chi connectivity index (χ3v) is 3.04. The van der Waals surface area contributed by atoms with Gasteiger partial charge >= 0.3 is 0 Å². The molecule has 78 valence electrons. The van der Waals surface area contributed by atoms with Crippen molar-refractivity contribution >= 4 is 39.1 Å². The summed E-state index contributed by atoms with van der Waals surface area (Å²) in [6, 6.07) is 1.43. The predicted octanol–water partition coefficient (Wildman–Crippen LogP) is 4.25. The van der Waals surface area contributed by atoms with Gasteiger partial charge in [0.15, 0.2) is 5.75 Å². The highest BCUT2D eigenvalue weighted by Gasteiger charge is 2.16. The van der Waals surface area contributed by atoms with Crippen LogP contribution in [0.1, 0.15) is 13.8 Å². The van der Waals surface area contributed by atoms with Crippen LogP contribution in [0.25, 0.3) is 0 Å². The fourth-order valence-corrected chi connectivity index (χ4v) is 1.74. The van der Waals surface area contributed by atoms with Crippen molar-refractivity contribution in [2.24, 2.45) is 0 Å². The monoisotopic (exact) mass is 298 g/mol. The summed E-state index contributed by atoms with van der Waals surface area (Å²) in [7, 11) is 0. The van der Waals surface area contributed by atoms with Gasteiger partial charge in [0, 0.05) is 4.47 Å². The molecule has 0 saturated carbocycles. The number of aromatic hydroxyl groups is 1. The van der Waals surface area contributed by atoms with Gasteiger partial charge in [-0.3, -0.25) is 0 Å². The van der Waals surface area contributed by atoms with Gasteiger partial charge in [-0.05, 0) is 35.8 Å². The summed E-state index contributed by atoms with van der Waals surface area (Å²) in [5.41, 5.74) is 0. The zero-order valence-electron chi connectivity index (χ0n) is 7.64. The van der Waals surface area contributed by atoms with Crippen molar-refractivity contribution in [3.05, 3.63) is 20.6 Å². The van der Waals surface area contributed by atoms with Gasteiger partial charge in [0.1, 0.15) is 10.8 Å². The lowest BCUT2D eigenvalue weighted by Crippen LogP contribution is -2.06. The molecule has 0 atom stereocenters. The minimum atomic E-state index is -0.0569. The lowest BCUT2D eigenvalue weighted by molar-refractivity contribution is 0.241. The van der Waals surface area contributed by atoms with Gasteiger partial charge in [-0.1, -0.05) is 23.2 Å². The summed E-state index contributed by atoms with van der Waals surface area (Å²) in [4.78, 5) is 0. The maximum absolute atomic E-state index is 9.42. The Balaban J connectivity index is 3.25. The van der Waals surface area contributed by atoms with Crippen LogP contribution in [0.5, 0.6) is 11.5 Å². The van der Waals surface area contributed by atoms with E-state index in [0.717, 1.165) is 0 Å². The van der Waals surface area contributed by atoms with Crippen molar-refractivity contribution in [2.45, 2.75) is 20.0 Å². The van der Waals surface area contributed by atoms with Crippen molar-refractivity contribution < 1.29 is 9.84 Å². The van der Waals surface area contributed by atoms with Crippen LogP contribution < -0.4 is 4.74 Å². The second-order valence-electron chi connectivity index (χ2n) is 3.00. The number of rotatable bonds is 2. The molecule has 0 heterocycles. The molecule has 0 amide bonds. The topological polar surface area (TPSA) is 29.5 Å². The SMILES string of the molecule is CC(C)Oc1c(Cl)c(O)cc(Br)c1Cl. The molecule has 0 radical (unpaired) electrons. The van der Waals surface area contributed by atoms with Crippen LogP contribution in [-0.4, -0.2) is 11.2 Å². The highest BCUT2D eigenvalue weighted by molar-refractivity contribution is 9.10. The van der Waals surface area contributed by atoms with Crippen LogP contribution in [0.15, 0.2) is 10.5 Å². The molecule has 0 aromatic heterocycles. The van der Waals surface area contributed by atoms with E-state index in [2.05, 4.69) is 15.9 Å². The first-order chi connectivity index (χ1) is 6.43. The number of ether oxygens (including phenoxy) is 1. The number of phenols is 1. The van der Waals surface area contributed by atoms with E-state index in [1.807, 2.05) is 13.8 Å². The minimum absolute atomic E-state index is 0.0568. The normalized spacial score (nSPS) is 10.7. The third kappa shape index (κ3) is 2.47. The number of benzene rings is 1. The van der Waals surface area contributed by atoms with Crippen molar-refractivity contribution in [1.82, 2.24) is 0 Å². The first-order valence-electron chi connectivity index (χ1n) is 3.96. The average Bonchev–Trinajstić information content (AvgIpc) is 2.09. The molecule has 0 aliphatic rings. The number of hydrogen-bond donors (Lipinski definition) is 1. The predicted molar refractivity (Wildman–Crippen MR) is 61.6 cm³/mol.